The molecule has 1 atom stereocenters. The van der Waals surface area contributed by atoms with Gasteiger partial charge >= 0.3 is 0 Å². The first kappa shape index (κ1) is 27.3. The van der Waals surface area contributed by atoms with Crippen molar-refractivity contribution in [1.29, 1.82) is 0 Å². The highest BCUT2D eigenvalue weighted by atomic mass is 32.2. The van der Waals surface area contributed by atoms with Gasteiger partial charge in [0.15, 0.2) is 15.5 Å². The fourth-order valence-corrected chi connectivity index (χ4v) is 5.77. The highest BCUT2D eigenvalue weighted by Gasteiger charge is 2.47. The first-order chi connectivity index (χ1) is 18.8. The Morgan fingerprint density at radius 3 is 2.51 bits per heavy atom. The number of fused-ring (bicyclic) bond motifs is 1. The van der Waals surface area contributed by atoms with Crippen molar-refractivity contribution in [3.05, 3.63) is 67.1 Å². The third-order valence-corrected chi connectivity index (χ3v) is 8.36. The number of benzene rings is 2. The number of sulfone groups is 1. The zero-order chi connectivity index (χ0) is 27.6. The number of ether oxygens (including phenoxy) is 1. The van der Waals surface area contributed by atoms with Crippen LogP contribution in [0.1, 0.15) is 39.5 Å². The number of hydrogen-bond acceptors (Lipinski definition) is 7. The summed E-state index contributed by atoms with van der Waals surface area (Å²) in [6.07, 6.45) is 10.4. The Morgan fingerprint density at radius 2 is 1.82 bits per heavy atom. The maximum absolute atomic E-state index is 12.0. The summed E-state index contributed by atoms with van der Waals surface area (Å²) < 4.78 is 32.1. The number of hydrogen-bond donors (Lipinski definition) is 1. The second kappa shape index (κ2) is 11.1. The lowest BCUT2D eigenvalue weighted by atomic mass is 10.1. The van der Waals surface area contributed by atoms with E-state index in [-0.39, 0.29) is 16.6 Å². The maximum Gasteiger partial charge on any atom is 0.175 e. The highest BCUT2D eigenvalue weighted by Crippen LogP contribution is 2.41. The van der Waals surface area contributed by atoms with Crippen LogP contribution in [0.4, 0.5) is 0 Å². The zero-order valence-corrected chi connectivity index (χ0v) is 23.6. The Balaban J connectivity index is 0.00000151. The van der Waals surface area contributed by atoms with Gasteiger partial charge in [-0.15, -0.1) is 0 Å². The zero-order valence-electron chi connectivity index (χ0n) is 22.7. The standard InChI is InChI=1S/C28H30N4O4S.C2H6/c1-37(34,35)25-6-2-4-21(14-25)26-16-30-32-17-22(15-29-27(26)32)20-7-9-24(10-8-20)36-28(11-12-28)19-31-13-3-5-23(33)18-31;1-2/h2,4,6-10,14-17,23,33H,3,5,11-13,18-19H2,1H3;1-2H3. The van der Waals surface area contributed by atoms with Crippen molar-refractivity contribution in [2.75, 3.05) is 25.9 Å². The molecule has 8 nitrogen and oxygen atoms in total. The van der Waals surface area contributed by atoms with Gasteiger partial charge < -0.3 is 9.84 Å². The van der Waals surface area contributed by atoms with Gasteiger partial charge in [-0.1, -0.05) is 38.1 Å². The number of rotatable bonds is 7. The van der Waals surface area contributed by atoms with Crippen molar-refractivity contribution < 1.29 is 18.3 Å². The quantitative estimate of drug-likeness (QED) is 0.352. The van der Waals surface area contributed by atoms with E-state index in [1.165, 1.54) is 6.26 Å². The maximum atomic E-state index is 12.0. The molecule has 1 unspecified atom stereocenters. The van der Waals surface area contributed by atoms with Crippen LogP contribution in [0.3, 0.4) is 0 Å². The minimum absolute atomic E-state index is 0.140. The van der Waals surface area contributed by atoms with Crippen molar-refractivity contribution >= 4 is 15.5 Å². The predicted molar refractivity (Wildman–Crippen MR) is 153 cm³/mol. The van der Waals surface area contributed by atoms with Gasteiger partial charge in [-0.2, -0.15) is 5.10 Å². The van der Waals surface area contributed by atoms with E-state index in [2.05, 4.69) is 15.0 Å². The number of aromatic nitrogens is 3. The Kier molecular flexibility index (Phi) is 7.75. The van der Waals surface area contributed by atoms with Crippen LogP contribution in [-0.2, 0) is 9.84 Å². The van der Waals surface area contributed by atoms with E-state index >= 15 is 0 Å². The van der Waals surface area contributed by atoms with Crippen LogP contribution < -0.4 is 4.74 Å². The molecule has 6 rings (SSSR count). The molecule has 1 N–H and O–H groups in total. The van der Waals surface area contributed by atoms with Crippen molar-refractivity contribution in [1.82, 2.24) is 19.5 Å². The smallest absolute Gasteiger partial charge is 0.175 e. The molecule has 0 radical (unpaired) electrons. The molecule has 2 aromatic heterocycles. The molecule has 9 heteroatoms. The molecule has 206 valence electrons. The van der Waals surface area contributed by atoms with E-state index in [9.17, 15) is 13.5 Å². The van der Waals surface area contributed by atoms with Gasteiger partial charge in [0.2, 0.25) is 0 Å². The van der Waals surface area contributed by atoms with Crippen LogP contribution in [0.2, 0.25) is 0 Å². The van der Waals surface area contributed by atoms with Crippen LogP contribution in [0.25, 0.3) is 27.9 Å². The summed E-state index contributed by atoms with van der Waals surface area (Å²) in [6.45, 7) is 6.62. The largest absolute Gasteiger partial charge is 0.486 e. The molecule has 1 saturated carbocycles. The van der Waals surface area contributed by atoms with Gasteiger partial charge in [0.05, 0.1) is 17.2 Å². The minimum atomic E-state index is -3.30. The number of piperidine rings is 1. The Labute approximate surface area is 230 Å². The molecule has 1 aliphatic heterocycles. The van der Waals surface area contributed by atoms with Crippen LogP contribution in [-0.4, -0.2) is 70.6 Å². The topological polar surface area (TPSA) is 97.0 Å². The third-order valence-electron chi connectivity index (χ3n) is 7.25. The Morgan fingerprint density at radius 1 is 1.05 bits per heavy atom. The van der Waals surface area contributed by atoms with Crippen LogP contribution in [0.15, 0.2) is 72.0 Å². The fraction of sp³-hybridized carbons (Fsp3) is 0.400. The monoisotopic (exact) mass is 548 g/mol. The van der Waals surface area contributed by atoms with Gasteiger partial charge in [-0.25, -0.2) is 17.9 Å². The molecule has 1 saturated heterocycles. The van der Waals surface area contributed by atoms with Crippen LogP contribution in [0.5, 0.6) is 5.75 Å². The average Bonchev–Trinajstić information content (AvgIpc) is 3.54. The first-order valence-corrected chi connectivity index (χ1v) is 15.5. The lowest BCUT2D eigenvalue weighted by Crippen LogP contribution is -2.44. The molecule has 2 aromatic carbocycles. The Bertz CT molecular complexity index is 1540. The van der Waals surface area contributed by atoms with Crippen LogP contribution >= 0.6 is 0 Å². The van der Waals surface area contributed by atoms with Crippen molar-refractivity contribution in [3.8, 4) is 28.0 Å². The molecule has 4 aromatic rings. The SMILES string of the molecule is CC.CS(=O)(=O)c1cccc(-c2cnn3cc(-c4ccc(OC5(CN6CCCC(O)C6)CC5)cc4)cnc23)c1. The van der Waals surface area contributed by atoms with Crippen LogP contribution in [0, 0.1) is 0 Å². The second-order valence-corrected chi connectivity index (χ2v) is 12.3. The van der Waals surface area contributed by atoms with Gasteiger partial charge in [-0.3, -0.25) is 4.90 Å². The number of aliphatic hydroxyl groups excluding tert-OH is 1. The van der Waals surface area contributed by atoms with Gasteiger partial charge in [0.25, 0.3) is 0 Å². The molecule has 3 heterocycles. The fourth-order valence-electron chi connectivity index (χ4n) is 5.10. The Hall–Kier alpha value is -3.27. The lowest BCUT2D eigenvalue weighted by Gasteiger charge is -2.33. The normalized spacial score (nSPS) is 18.8. The van der Waals surface area contributed by atoms with E-state index in [0.29, 0.717) is 5.65 Å². The molecule has 1 aliphatic carbocycles. The van der Waals surface area contributed by atoms with Gasteiger partial charge in [0.1, 0.15) is 11.4 Å². The minimum Gasteiger partial charge on any atom is -0.486 e. The van der Waals surface area contributed by atoms with E-state index < -0.39 is 9.84 Å². The third kappa shape index (κ3) is 6.16. The summed E-state index contributed by atoms with van der Waals surface area (Å²) in [5.41, 5.74) is 3.97. The van der Waals surface area contributed by atoms with Gasteiger partial charge in [-0.05, 0) is 67.6 Å². The molecular weight excluding hydrogens is 512 g/mol. The lowest BCUT2D eigenvalue weighted by molar-refractivity contribution is 0.0389. The van der Waals surface area contributed by atoms with Crippen molar-refractivity contribution in [3.63, 3.8) is 0 Å². The molecule has 0 bridgehead atoms. The summed E-state index contributed by atoms with van der Waals surface area (Å²) >= 11 is 0. The first-order valence-electron chi connectivity index (χ1n) is 13.6. The molecular formula is C30H36N4O4S. The molecule has 0 amide bonds. The predicted octanol–water partition coefficient (Wildman–Crippen LogP) is 4.86. The van der Waals surface area contributed by atoms with E-state index in [0.717, 1.165) is 73.3 Å². The van der Waals surface area contributed by atoms with Gasteiger partial charge in [0, 0.05) is 42.9 Å². The second-order valence-electron chi connectivity index (χ2n) is 10.3. The molecule has 2 fully saturated rings. The highest BCUT2D eigenvalue weighted by molar-refractivity contribution is 7.90. The number of likely N-dealkylation sites (tertiary alicyclic amines) is 1. The molecule has 0 spiro atoms. The van der Waals surface area contributed by atoms with E-state index in [4.69, 9.17) is 4.74 Å². The summed E-state index contributed by atoms with van der Waals surface area (Å²) in [7, 11) is -3.30. The van der Waals surface area contributed by atoms with Crippen molar-refractivity contribution in [2.24, 2.45) is 0 Å². The summed E-state index contributed by atoms with van der Waals surface area (Å²) in [5, 5.41) is 14.4. The summed E-state index contributed by atoms with van der Waals surface area (Å²) in [6, 6.07) is 14.9. The molecule has 39 heavy (non-hydrogen) atoms. The summed E-state index contributed by atoms with van der Waals surface area (Å²) in [5.74, 6) is 0.847. The van der Waals surface area contributed by atoms with E-state index in [1.807, 2.05) is 50.4 Å². The number of aliphatic hydroxyl groups is 1. The average molecular weight is 549 g/mol. The van der Waals surface area contributed by atoms with Crippen molar-refractivity contribution in [2.45, 2.75) is 56.1 Å². The van der Waals surface area contributed by atoms with E-state index in [1.54, 1.807) is 35.1 Å². The molecule has 2 aliphatic rings. The summed E-state index contributed by atoms with van der Waals surface area (Å²) in [4.78, 5) is 7.24. The number of nitrogens with zero attached hydrogens (tertiary/aromatic N) is 4. The number of β-amino-alcohol motifs (C(OH)–C–C–N with tert-alkyl or cyclic N) is 1.